The molecule has 1 aromatic carbocycles. The number of aryl methyl sites for hydroxylation is 1. The zero-order valence-electron chi connectivity index (χ0n) is 12.0. The highest BCUT2D eigenvalue weighted by Crippen LogP contribution is 2.23. The van der Waals surface area contributed by atoms with E-state index in [1.807, 2.05) is 25.1 Å². The highest BCUT2D eigenvalue weighted by Gasteiger charge is 2.24. The van der Waals surface area contributed by atoms with Gasteiger partial charge in [0.1, 0.15) is 12.4 Å². The van der Waals surface area contributed by atoms with Gasteiger partial charge in [-0.05, 0) is 42.6 Å². The molecule has 2 nitrogen and oxygen atoms in total. The molecule has 0 heterocycles. The van der Waals surface area contributed by atoms with Crippen LogP contribution < -0.4 is 10.1 Å². The molecule has 0 spiro atoms. The van der Waals surface area contributed by atoms with Crippen molar-refractivity contribution in [2.45, 2.75) is 40.7 Å². The molecular formula is C15H24ClNO. The monoisotopic (exact) mass is 269 g/mol. The van der Waals surface area contributed by atoms with Gasteiger partial charge in [0.05, 0.1) is 0 Å². The SMILES string of the molecule is CCNC(COc1ccc(Cl)c(C)c1)C(C)(C)C. The Labute approximate surface area is 116 Å². The smallest absolute Gasteiger partial charge is 0.119 e. The van der Waals surface area contributed by atoms with E-state index in [1.165, 1.54) is 0 Å². The van der Waals surface area contributed by atoms with Gasteiger partial charge in [0.2, 0.25) is 0 Å². The second-order valence-corrected chi connectivity index (χ2v) is 6.11. The quantitative estimate of drug-likeness (QED) is 0.871. The summed E-state index contributed by atoms with van der Waals surface area (Å²) < 4.78 is 5.86. The van der Waals surface area contributed by atoms with E-state index in [0.29, 0.717) is 12.6 Å². The topological polar surface area (TPSA) is 21.3 Å². The fraction of sp³-hybridized carbons (Fsp3) is 0.600. The first-order valence-corrected chi connectivity index (χ1v) is 6.84. The highest BCUT2D eigenvalue weighted by atomic mass is 35.5. The lowest BCUT2D eigenvalue weighted by molar-refractivity contribution is 0.176. The van der Waals surface area contributed by atoms with Gasteiger partial charge in [0.15, 0.2) is 0 Å². The van der Waals surface area contributed by atoms with Crippen molar-refractivity contribution < 1.29 is 4.74 Å². The maximum absolute atomic E-state index is 6.00. The van der Waals surface area contributed by atoms with Crippen molar-refractivity contribution in [2.75, 3.05) is 13.2 Å². The van der Waals surface area contributed by atoms with E-state index in [4.69, 9.17) is 16.3 Å². The van der Waals surface area contributed by atoms with Crippen LogP contribution in [-0.4, -0.2) is 19.2 Å². The Balaban J connectivity index is 2.64. The molecule has 0 aromatic heterocycles. The summed E-state index contributed by atoms with van der Waals surface area (Å²) in [6, 6.07) is 6.11. The Kier molecular flexibility index (Phi) is 5.48. The number of likely N-dealkylation sites (N-methyl/N-ethyl adjacent to an activating group) is 1. The minimum absolute atomic E-state index is 0.178. The predicted octanol–water partition coefficient (Wildman–Crippen LogP) is 4.05. The Bertz CT molecular complexity index is 385. The number of halogens is 1. The molecule has 0 amide bonds. The normalized spacial score (nSPS) is 13.4. The molecule has 102 valence electrons. The molecule has 0 saturated heterocycles. The second-order valence-electron chi connectivity index (χ2n) is 5.70. The summed E-state index contributed by atoms with van der Waals surface area (Å²) in [6.07, 6.45) is 0. The molecule has 0 radical (unpaired) electrons. The van der Waals surface area contributed by atoms with Crippen LogP contribution in [0.25, 0.3) is 0 Å². The molecule has 0 aliphatic carbocycles. The summed E-state index contributed by atoms with van der Waals surface area (Å²) in [4.78, 5) is 0. The summed E-state index contributed by atoms with van der Waals surface area (Å²) in [6.45, 7) is 12.4. The second kappa shape index (κ2) is 6.44. The third kappa shape index (κ3) is 4.51. The molecule has 0 aliphatic heterocycles. The molecule has 18 heavy (non-hydrogen) atoms. The van der Waals surface area contributed by atoms with E-state index in [0.717, 1.165) is 22.9 Å². The zero-order valence-corrected chi connectivity index (χ0v) is 12.8. The molecule has 1 N–H and O–H groups in total. The third-order valence-electron chi connectivity index (χ3n) is 3.04. The van der Waals surface area contributed by atoms with Crippen molar-refractivity contribution in [1.29, 1.82) is 0 Å². The van der Waals surface area contributed by atoms with Crippen LogP contribution >= 0.6 is 11.6 Å². The minimum Gasteiger partial charge on any atom is -0.492 e. The van der Waals surface area contributed by atoms with Crippen molar-refractivity contribution in [3.05, 3.63) is 28.8 Å². The summed E-state index contributed by atoms with van der Waals surface area (Å²) in [5, 5.41) is 4.25. The van der Waals surface area contributed by atoms with Crippen LogP contribution in [0.5, 0.6) is 5.75 Å². The standard InChI is InChI=1S/C15H24ClNO/c1-6-17-14(15(3,4)5)10-18-12-7-8-13(16)11(2)9-12/h7-9,14,17H,6,10H2,1-5H3. The Hall–Kier alpha value is -0.730. The van der Waals surface area contributed by atoms with Gasteiger partial charge in [-0.2, -0.15) is 0 Å². The van der Waals surface area contributed by atoms with E-state index < -0.39 is 0 Å². The van der Waals surface area contributed by atoms with Crippen LogP contribution in [0.3, 0.4) is 0 Å². The van der Waals surface area contributed by atoms with Crippen LogP contribution in [-0.2, 0) is 0 Å². The Morgan fingerprint density at radius 2 is 2.00 bits per heavy atom. The first kappa shape index (κ1) is 15.3. The maximum Gasteiger partial charge on any atom is 0.119 e. The number of ether oxygens (including phenoxy) is 1. The fourth-order valence-electron chi connectivity index (χ4n) is 1.75. The van der Waals surface area contributed by atoms with E-state index in [-0.39, 0.29) is 5.41 Å². The summed E-state index contributed by atoms with van der Waals surface area (Å²) in [5.74, 6) is 0.879. The lowest BCUT2D eigenvalue weighted by Gasteiger charge is -2.31. The highest BCUT2D eigenvalue weighted by molar-refractivity contribution is 6.31. The van der Waals surface area contributed by atoms with Gasteiger partial charge >= 0.3 is 0 Å². The molecule has 1 unspecified atom stereocenters. The average molecular weight is 270 g/mol. The lowest BCUT2D eigenvalue weighted by Crippen LogP contribution is -2.44. The van der Waals surface area contributed by atoms with Crippen molar-refractivity contribution in [3.8, 4) is 5.75 Å². The van der Waals surface area contributed by atoms with Crippen LogP contribution in [0, 0.1) is 12.3 Å². The van der Waals surface area contributed by atoms with Crippen molar-refractivity contribution in [2.24, 2.45) is 5.41 Å². The van der Waals surface area contributed by atoms with Gasteiger partial charge in [-0.3, -0.25) is 0 Å². The maximum atomic E-state index is 6.00. The van der Waals surface area contributed by atoms with Crippen molar-refractivity contribution in [3.63, 3.8) is 0 Å². The lowest BCUT2D eigenvalue weighted by atomic mass is 9.87. The van der Waals surface area contributed by atoms with Gasteiger partial charge in [-0.15, -0.1) is 0 Å². The van der Waals surface area contributed by atoms with Crippen molar-refractivity contribution >= 4 is 11.6 Å². The Morgan fingerprint density at radius 3 is 2.50 bits per heavy atom. The number of hydrogen-bond donors (Lipinski definition) is 1. The molecule has 3 heteroatoms. The number of rotatable bonds is 5. The van der Waals surface area contributed by atoms with E-state index in [9.17, 15) is 0 Å². The minimum atomic E-state index is 0.178. The zero-order chi connectivity index (χ0) is 13.8. The number of nitrogens with one attached hydrogen (secondary N) is 1. The summed E-state index contributed by atoms with van der Waals surface area (Å²) >= 11 is 6.00. The summed E-state index contributed by atoms with van der Waals surface area (Å²) in [5.41, 5.74) is 1.22. The van der Waals surface area contributed by atoms with Gasteiger partial charge in [-0.1, -0.05) is 39.3 Å². The molecule has 1 rings (SSSR count). The molecule has 0 aliphatic rings. The van der Waals surface area contributed by atoms with Gasteiger partial charge in [-0.25, -0.2) is 0 Å². The van der Waals surface area contributed by atoms with Crippen LogP contribution in [0.2, 0.25) is 5.02 Å². The third-order valence-corrected chi connectivity index (χ3v) is 3.47. The van der Waals surface area contributed by atoms with E-state index in [2.05, 4.69) is 33.0 Å². The van der Waals surface area contributed by atoms with Crippen molar-refractivity contribution in [1.82, 2.24) is 5.32 Å². The van der Waals surface area contributed by atoms with Gasteiger partial charge in [0, 0.05) is 11.1 Å². The van der Waals surface area contributed by atoms with Crippen LogP contribution in [0.15, 0.2) is 18.2 Å². The first-order valence-electron chi connectivity index (χ1n) is 6.47. The Morgan fingerprint density at radius 1 is 1.33 bits per heavy atom. The molecule has 1 atom stereocenters. The summed E-state index contributed by atoms with van der Waals surface area (Å²) in [7, 11) is 0. The van der Waals surface area contributed by atoms with Crippen LogP contribution in [0.1, 0.15) is 33.3 Å². The van der Waals surface area contributed by atoms with E-state index >= 15 is 0 Å². The average Bonchev–Trinajstić information content (AvgIpc) is 2.27. The van der Waals surface area contributed by atoms with Gasteiger partial charge < -0.3 is 10.1 Å². The van der Waals surface area contributed by atoms with Crippen LogP contribution in [0.4, 0.5) is 0 Å². The van der Waals surface area contributed by atoms with E-state index in [1.54, 1.807) is 0 Å². The first-order chi connectivity index (χ1) is 8.34. The largest absolute Gasteiger partial charge is 0.492 e. The number of benzene rings is 1. The molecule has 0 saturated carbocycles. The molecule has 0 bridgehead atoms. The molecular weight excluding hydrogens is 246 g/mol. The number of hydrogen-bond acceptors (Lipinski definition) is 2. The predicted molar refractivity (Wildman–Crippen MR) is 78.6 cm³/mol. The fourth-order valence-corrected chi connectivity index (χ4v) is 1.87. The van der Waals surface area contributed by atoms with Gasteiger partial charge in [0.25, 0.3) is 0 Å². The molecule has 0 fully saturated rings. The molecule has 1 aromatic rings.